The van der Waals surface area contributed by atoms with Crippen molar-refractivity contribution >= 4 is 5.97 Å². The van der Waals surface area contributed by atoms with Gasteiger partial charge in [-0.3, -0.25) is 0 Å². The number of ether oxygens (including phenoxy) is 2. The van der Waals surface area contributed by atoms with Gasteiger partial charge in [0.05, 0.1) is 6.10 Å². The minimum Gasteiger partial charge on any atom is -0.453 e. The maximum absolute atomic E-state index is 11.6. The number of hydrogen-bond acceptors (Lipinski definition) is 5. The SMILES string of the molecule is C/C(=C\C=C\[C@@H](C)C(C)O)C[C@@H](C)/C=C/C=C/[C@H]1OC(=O)[C@H](O)[C@@H]2O[C@]12C. The summed E-state index contributed by atoms with van der Waals surface area (Å²) in [4.78, 5) is 11.6. The van der Waals surface area contributed by atoms with Gasteiger partial charge in [0, 0.05) is 0 Å². The number of epoxide rings is 1. The van der Waals surface area contributed by atoms with Crippen molar-refractivity contribution in [1.29, 1.82) is 0 Å². The largest absolute Gasteiger partial charge is 0.453 e. The second-order valence-electron chi connectivity index (χ2n) is 7.97. The predicted octanol–water partition coefficient (Wildman–Crippen LogP) is 3.09. The molecule has 2 N–H and O–H groups in total. The quantitative estimate of drug-likeness (QED) is 0.387. The van der Waals surface area contributed by atoms with Crippen molar-refractivity contribution in [3.8, 4) is 0 Å². The lowest BCUT2D eigenvalue weighted by Gasteiger charge is -2.25. The first kappa shape index (κ1) is 21.6. The van der Waals surface area contributed by atoms with Crippen LogP contribution < -0.4 is 0 Å². The van der Waals surface area contributed by atoms with Crippen LogP contribution in [0, 0.1) is 11.8 Å². The Balaban J connectivity index is 1.80. The standard InChI is InChI=1S/C22H32O5/c1-14(13-15(2)10-8-11-16(3)17(4)23)9-6-7-12-18-22(5)20(27-22)19(24)21(25)26-18/h6-12,14,16-20,23-24H,13H2,1-5H3/b9-6+,11-8+,12-7+,15-10+/t14-,16+,17?,18+,19+,20-,22+/m0/s1. The minimum absolute atomic E-state index is 0.142. The first-order valence-corrected chi connectivity index (χ1v) is 9.58. The van der Waals surface area contributed by atoms with Gasteiger partial charge in [-0.1, -0.05) is 55.9 Å². The van der Waals surface area contributed by atoms with Crippen LogP contribution in [0.3, 0.4) is 0 Å². The van der Waals surface area contributed by atoms with E-state index < -0.39 is 29.9 Å². The van der Waals surface area contributed by atoms with E-state index in [1.54, 1.807) is 13.0 Å². The number of carbonyl (C=O) groups is 1. The third kappa shape index (κ3) is 5.64. The monoisotopic (exact) mass is 376 g/mol. The van der Waals surface area contributed by atoms with Crippen molar-refractivity contribution in [1.82, 2.24) is 0 Å². The number of fused-ring (bicyclic) bond motifs is 1. The highest BCUT2D eigenvalue weighted by Gasteiger charge is 2.67. The van der Waals surface area contributed by atoms with Gasteiger partial charge in [0.2, 0.25) is 0 Å². The molecule has 27 heavy (non-hydrogen) atoms. The lowest BCUT2D eigenvalue weighted by Crippen LogP contribution is -2.46. The van der Waals surface area contributed by atoms with Crippen LogP contribution in [0.15, 0.2) is 48.1 Å². The molecule has 1 unspecified atom stereocenters. The molecule has 0 spiro atoms. The number of esters is 1. The Labute approximate surface area is 162 Å². The van der Waals surface area contributed by atoms with Crippen LogP contribution in [-0.4, -0.2) is 46.2 Å². The van der Waals surface area contributed by atoms with E-state index in [1.165, 1.54) is 5.57 Å². The third-order valence-electron chi connectivity index (χ3n) is 5.26. The molecule has 2 aliphatic heterocycles. The fourth-order valence-corrected chi connectivity index (χ4v) is 3.13. The topological polar surface area (TPSA) is 79.3 Å². The van der Waals surface area contributed by atoms with E-state index in [1.807, 2.05) is 38.2 Å². The van der Waals surface area contributed by atoms with Gasteiger partial charge in [0.25, 0.3) is 0 Å². The molecule has 2 aliphatic rings. The minimum atomic E-state index is -1.18. The second-order valence-corrected chi connectivity index (χ2v) is 7.97. The van der Waals surface area contributed by atoms with E-state index in [2.05, 4.69) is 26.0 Å². The first-order chi connectivity index (χ1) is 12.6. The molecule has 2 heterocycles. The molecule has 0 radical (unpaired) electrons. The maximum atomic E-state index is 11.6. The summed E-state index contributed by atoms with van der Waals surface area (Å²) in [5.74, 6) is -0.117. The number of cyclic esters (lactones) is 1. The van der Waals surface area contributed by atoms with Crippen LogP contribution >= 0.6 is 0 Å². The van der Waals surface area contributed by atoms with Crippen molar-refractivity contribution in [3.63, 3.8) is 0 Å². The zero-order valence-electron chi connectivity index (χ0n) is 16.8. The molecule has 0 saturated carbocycles. The van der Waals surface area contributed by atoms with E-state index >= 15 is 0 Å². The van der Waals surface area contributed by atoms with Crippen molar-refractivity contribution < 1.29 is 24.5 Å². The average Bonchev–Trinajstić information content (AvgIpc) is 3.29. The highest BCUT2D eigenvalue weighted by Crippen LogP contribution is 2.46. The molecule has 2 rings (SSSR count). The normalized spacial score (nSPS) is 34.7. The van der Waals surface area contributed by atoms with Crippen molar-refractivity contribution in [2.45, 2.75) is 71.1 Å². The van der Waals surface area contributed by atoms with Crippen LogP contribution in [0.4, 0.5) is 0 Å². The molecule has 7 atom stereocenters. The molecule has 0 bridgehead atoms. The molecular formula is C22H32O5. The van der Waals surface area contributed by atoms with E-state index in [9.17, 15) is 15.0 Å². The van der Waals surface area contributed by atoms with Gasteiger partial charge in [-0.15, -0.1) is 0 Å². The summed E-state index contributed by atoms with van der Waals surface area (Å²) >= 11 is 0. The molecule has 0 aromatic heterocycles. The van der Waals surface area contributed by atoms with Crippen molar-refractivity contribution in [2.24, 2.45) is 11.8 Å². The van der Waals surface area contributed by atoms with Gasteiger partial charge in [0.1, 0.15) is 11.7 Å². The summed E-state index contributed by atoms with van der Waals surface area (Å²) in [5, 5.41) is 19.1. The molecule has 150 valence electrons. The molecule has 0 aromatic carbocycles. The molecule has 5 nitrogen and oxygen atoms in total. The lowest BCUT2D eigenvalue weighted by molar-refractivity contribution is -0.162. The number of aliphatic hydroxyl groups is 2. The molecule has 2 saturated heterocycles. The average molecular weight is 376 g/mol. The lowest BCUT2D eigenvalue weighted by atomic mass is 9.94. The summed E-state index contributed by atoms with van der Waals surface area (Å²) in [5.41, 5.74) is 0.653. The maximum Gasteiger partial charge on any atom is 0.338 e. The van der Waals surface area contributed by atoms with Gasteiger partial charge in [-0.05, 0) is 45.1 Å². The number of carbonyl (C=O) groups excluding carboxylic acids is 1. The highest BCUT2D eigenvalue weighted by molar-refractivity contribution is 5.78. The number of allylic oxidation sites excluding steroid dienone is 6. The van der Waals surface area contributed by atoms with Crippen molar-refractivity contribution in [3.05, 3.63) is 48.1 Å². The fourth-order valence-electron chi connectivity index (χ4n) is 3.13. The van der Waals surface area contributed by atoms with Crippen LogP contribution in [-0.2, 0) is 14.3 Å². The van der Waals surface area contributed by atoms with Crippen molar-refractivity contribution in [2.75, 3.05) is 0 Å². The zero-order chi connectivity index (χ0) is 20.2. The van der Waals surface area contributed by atoms with Gasteiger partial charge in [-0.2, -0.15) is 0 Å². The fraction of sp³-hybridized carbons (Fsp3) is 0.591. The summed E-state index contributed by atoms with van der Waals surface area (Å²) in [6, 6.07) is 0. The second kappa shape index (κ2) is 9.00. The van der Waals surface area contributed by atoms with Gasteiger partial charge in [-0.25, -0.2) is 4.79 Å². The third-order valence-corrected chi connectivity index (χ3v) is 5.26. The number of rotatable bonds is 8. The molecule has 5 heteroatoms. The Kier molecular flexibility index (Phi) is 7.20. The van der Waals surface area contributed by atoms with E-state index in [0.29, 0.717) is 5.92 Å². The smallest absolute Gasteiger partial charge is 0.338 e. The summed E-state index contributed by atoms with van der Waals surface area (Å²) < 4.78 is 10.7. The van der Waals surface area contributed by atoms with Gasteiger partial charge < -0.3 is 19.7 Å². The van der Waals surface area contributed by atoms with E-state index in [0.717, 1.165) is 6.42 Å². The van der Waals surface area contributed by atoms with Gasteiger partial charge >= 0.3 is 5.97 Å². The van der Waals surface area contributed by atoms with Crippen LogP contribution in [0.25, 0.3) is 0 Å². The Morgan fingerprint density at radius 3 is 2.59 bits per heavy atom. The Morgan fingerprint density at radius 2 is 1.93 bits per heavy atom. The van der Waals surface area contributed by atoms with E-state index in [-0.39, 0.29) is 12.0 Å². The summed E-state index contributed by atoms with van der Waals surface area (Å²) in [6.45, 7) is 9.85. The zero-order valence-corrected chi connectivity index (χ0v) is 16.8. The Morgan fingerprint density at radius 1 is 1.22 bits per heavy atom. The number of hydrogen-bond donors (Lipinski definition) is 2. The predicted molar refractivity (Wildman–Crippen MR) is 105 cm³/mol. The highest BCUT2D eigenvalue weighted by atomic mass is 16.7. The first-order valence-electron chi connectivity index (χ1n) is 9.58. The Bertz CT molecular complexity index is 645. The molecular weight excluding hydrogens is 344 g/mol. The molecule has 0 amide bonds. The van der Waals surface area contributed by atoms with Crippen LogP contribution in [0.1, 0.15) is 41.0 Å². The molecule has 2 fully saturated rings. The van der Waals surface area contributed by atoms with Gasteiger partial charge in [0.15, 0.2) is 12.2 Å². The summed E-state index contributed by atoms with van der Waals surface area (Å²) in [6.07, 6.45) is 12.3. The molecule has 0 aromatic rings. The van der Waals surface area contributed by atoms with Crippen LogP contribution in [0.5, 0.6) is 0 Å². The number of aliphatic hydroxyl groups excluding tert-OH is 2. The molecule has 0 aliphatic carbocycles. The Hall–Kier alpha value is -1.69. The van der Waals surface area contributed by atoms with Crippen LogP contribution in [0.2, 0.25) is 0 Å². The van der Waals surface area contributed by atoms with E-state index in [4.69, 9.17) is 9.47 Å². The summed E-state index contributed by atoms with van der Waals surface area (Å²) in [7, 11) is 0.